The summed E-state index contributed by atoms with van der Waals surface area (Å²) in [4.78, 5) is 4.02. The van der Waals surface area contributed by atoms with Gasteiger partial charge >= 0.3 is 0 Å². The van der Waals surface area contributed by atoms with Crippen LogP contribution in [0.5, 0.6) is 0 Å². The minimum Gasteiger partial charge on any atom is -0.366 e. The molecule has 0 bridgehead atoms. The number of fused-ring (bicyclic) bond motifs is 1. The van der Waals surface area contributed by atoms with Crippen molar-refractivity contribution in [3.63, 3.8) is 0 Å². The van der Waals surface area contributed by atoms with E-state index in [2.05, 4.69) is 10.1 Å². The Morgan fingerprint density at radius 1 is 1.56 bits per heavy atom. The molecule has 0 spiro atoms. The maximum Gasteiger partial charge on any atom is 0.239 e. The summed E-state index contributed by atoms with van der Waals surface area (Å²) in [5.74, 6) is 1.44. The zero-order valence-corrected chi connectivity index (χ0v) is 5.04. The first kappa shape index (κ1) is 4.78. The number of hydrogen-bond acceptors (Lipinski definition) is 3. The first-order chi connectivity index (χ1) is 4.36. The second kappa shape index (κ2) is 1.46. The molecule has 0 atom stereocenters. The topological polar surface area (TPSA) is 56.7 Å². The van der Waals surface area contributed by atoms with Crippen LogP contribution in [0.3, 0.4) is 0 Å². The number of hydrogen-bond donors (Lipinski definition) is 1. The predicted octanol–water partition coefficient (Wildman–Crippen LogP) is -0.194. The van der Waals surface area contributed by atoms with Crippen molar-refractivity contribution in [2.45, 2.75) is 19.4 Å². The Bertz CT molecular complexity index is 205. The van der Waals surface area contributed by atoms with Crippen LogP contribution in [0.4, 0.5) is 5.95 Å². The van der Waals surface area contributed by atoms with Gasteiger partial charge in [-0.2, -0.15) is 4.98 Å². The van der Waals surface area contributed by atoms with Crippen LogP contribution in [-0.4, -0.2) is 14.8 Å². The second-order valence-corrected chi connectivity index (χ2v) is 2.21. The van der Waals surface area contributed by atoms with Crippen molar-refractivity contribution in [2.75, 3.05) is 5.73 Å². The molecule has 9 heavy (non-hydrogen) atoms. The third kappa shape index (κ3) is 0.590. The van der Waals surface area contributed by atoms with E-state index in [-0.39, 0.29) is 0 Å². The lowest BCUT2D eigenvalue weighted by Crippen LogP contribution is -1.95. The molecule has 0 saturated carbocycles. The summed E-state index contributed by atoms with van der Waals surface area (Å²) in [5.41, 5.74) is 5.35. The third-order valence-electron chi connectivity index (χ3n) is 1.54. The SMILES string of the molecule is Nc1nc2n(n1)CCC2. The highest BCUT2D eigenvalue weighted by Gasteiger charge is 2.12. The lowest BCUT2D eigenvalue weighted by molar-refractivity contribution is 0.659. The van der Waals surface area contributed by atoms with Crippen LogP contribution >= 0.6 is 0 Å². The maximum absolute atomic E-state index is 5.35. The van der Waals surface area contributed by atoms with Gasteiger partial charge in [0.15, 0.2) is 0 Å². The fourth-order valence-corrected chi connectivity index (χ4v) is 1.14. The molecule has 0 fully saturated rings. The Kier molecular flexibility index (Phi) is 0.777. The molecule has 1 aromatic heterocycles. The van der Waals surface area contributed by atoms with Crippen LogP contribution in [0, 0.1) is 0 Å². The van der Waals surface area contributed by atoms with Gasteiger partial charge in [0.25, 0.3) is 0 Å². The van der Waals surface area contributed by atoms with Crippen LogP contribution in [0.2, 0.25) is 0 Å². The maximum atomic E-state index is 5.35. The summed E-state index contributed by atoms with van der Waals surface area (Å²) in [6.07, 6.45) is 2.19. The highest BCUT2D eigenvalue weighted by Crippen LogP contribution is 2.11. The Balaban J connectivity index is 2.51. The molecule has 48 valence electrons. The molecule has 0 aliphatic carbocycles. The minimum atomic E-state index is 0.407. The van der Waals surface area contributed by atoms with Gasteiger partial charge in [-0.05, 0) is 6.42 Å². The van der Waals surface area contributed by atoms with Gasteiger partial charge in [-0.25, -0.2) is 4.68 Å². The van der Waals surface area contributed by atoms with Crippen molar-refractivity contribution < 1.29 is 0 Å². The fraction of sp³-hybridized carbons (Fsp3) is 0.600. The van der Waals surface area contributed by atoms with E-state index in [1.54, 1.807) is 0 Å². The second-order valence-electron chi connectivity index (χ2n) is 2.21. The molecule has 2 rings (SSSR count). The average molecular weight is 124 g/mol. The van der Waals surface area contributed by atoms with E-state index in [1.807, 2.05) is 4.68 Å². The number of nitrogen functional groups attached to an aromatic ring is 1. The van der Waals surface area contributed by atoms with Gasteiger partial charge in [-0.3, -0.25) is 0 Å². The average Bonchev–Trinajstić information content (AvgIpc) is 2.22. The monoisotopic (exact) mass is 124 g/mol. The molecule has 1 aliphatic heterocycles. The number of aryl methyl sites for hydroxylation is 2. The third-order valence-corrected chi connectivity index (χ3v) is 1.54. The van der Waals surface area contributed by atoms with Crippen LogP contribution in [-0.2, 0) is 13.0 Å². The van der Waals surface area contributed by atoms with E-state index in [0.29, 0.717) is 5.95 Å². The normalized spacial score (nSPS) is 16.0. The molecule has 0 radical (unpaired) electrons. The van der Waals surface area contributed by atoms with Crippen LogP contribution < -0.4 is 5.73 Å². The lowest BCUT2D eigenvalue weighted by Gasteiger charge is -1.86. The summed E-state index contributed by atoms with van der Waals surface area (Å²) in [7, 11) is 0. The quantitative estimate of drug-likeness (QED) is 0.521. The van der Waals surface area contributed by atoms with Gasteiger partial charge in [-0.15, -0.1) is 5.10 Å². The zero-order valence-electron chi connectivity index (χ0n) is 5.04. The molecule has 4 heteroatoms. The van der Waals surface area contributed by atoms with Crippen molar-refractivity contribution in [3.8, 4) is 0 Å². The largest absolute Gasteiger partial charge is 0.366 e. The van der Waals surface area contributed by atoms with E-state index in [1.165, 1.54) is 0 Å². The zero-order chi connectivity index (χ0) is 6.27. The summed E-state index contributed by atoms with van der Waals surface area (Å²) in [6, 6.07) is 0. The van der Waals surface area contributed by atoms with Gasteiger partial charge in [-0.1, -0.05) is 0 Å². The Morgan fingerprint density at radius 2 is 2.44 bits per heavy atom. The molecule has 2 N–H and O–H groups in total. The number of aromatic nitrogens is 3. The van der Waals surface area contributed by atoms with Crippen molar-refractivity contribution in [1.82, 2.24) is 14.8 Å². The standard InChI is InChI=1S/C5H8N4/c6-5-7-4-2-1-3-9(4)8-5/h1-3H2,(H2,6,8). The molecule has 2 heterocycles. The van der Waals surface area contributed by atoms with E-state index >= 15 is 0 Å². The van der Waals surface area contributed by atoms with Crippen molar-refractivity contribution in [1.29, 1.82) is 0 Å². The molecule has 0 unspecified atom stereocenters. The molecular weight excluding hydrogens is 116 g/mol. The highest BCUT2D eigenvalue weighted by molar-refractivity contribution is 5.15. The van der Waals surface area contributed by atoms with E-state index in [4.69, 9.17) is 5.73 Å². The summed E-state index contributed by atoms with van der Waals surface area (Å²) in [6.45, 7) is 0.986. The number of nitrogens with two attached hydrogens (primary N) is 1. The highest BCUT2D eigenvalue weighted by atomic mass is 15.4. The van der Waals surface area contributed by atoms with E-state index in [9.17, 15) is 0 Å². The molecular formula is C5H8N4. The van der Waals surface area contributed by atoms with E-state index in [0.717, 1.165) is 25.2 Å². The molecule has 1 aromatic rings. The van der Waals surface area contributed by atoms with Gasteiger partial charge < -0.3 is 5.73 Å². The Morgan fingerprint density at radius 3 is 3.22 bits per heavy atom. The summed E-state index contributed by atoms with van der Waals surface area (Å²) < 4.78 is 1.87. The number of nitrogens with zero attached hydrogens (tertiary/aromatic N) is 3. The molecule has 0 saturated heterocycles. The first-order valence-electron chi connectivity index (χ1n) is 3.05. The minimum absolute atomic E-state index is 0.407. The van der Waals surface area contributed by atoms with Gasteiger partial charge in [0.05, 0.1) is 0 Å². The first-order valence-corrected chi connectivity index (χ1v) is 3.05. The number of anilines is 1. The fourth-order valence-electron chi connectivity index (χ4n) is 1.14. The van der Waals surface area contributed by atoms with Crippen molar-refractivity contribution >= 4 is 5.95 Å². The summed E-state index contributed by atoms with van der Waals surface area (Å²) in [5, 5.41) is 3.97. The van der Waals surface area contributed by atoms with Crippen molar-refractivity contribution in [3.05, 3.63) is 5.82 Å². The molecule has 0 amide bonds. The van der Waals surface area contributed by atoms with Crippen LogP contribution in [0.1, 0.15) is 12.2 Å². The smallest absolute Gasteiger partial charge is 0.239 e. The summed E-state index contributed by atoms with van der Waals surface area (Å²) >= 11 is 0. The number of rotatable bonds is 0. The Labute approximate surface area is 52.7 Å². The van der Waals surface area contributed by atoms with Gasteiger partial charge in [0.1, 0.15) is 5.82 Å². The predicted molar refractivity (Wildman–Crippen MR) is 32.8 cm³/mol. The van der Waals surface area contributed by atoms with Gasteiger partial charge in [0.2, 0.25) is 5.95 Å². The van der Waals surface area contributed by atoms with Gasteiger partial charge in [0, 0.05) is 13.0 Å². The van der Waals surface area contributed by atoms with Crippen LogP contribution in [0.25, 0.3) is 0 Å². The molecule has 0 aromatic carbocycles. The Hall–Kier alpha value is -1.06. The lowest BCUT2D eigenvalue weighted by atomic mass is 10.4. The molecule has 4 nitrogen and oxygen atoms in total. The van der Waals surface area contributed by atoms with E-state index < -0.39 is 0 Å². The van der Waals surface area contributed by atoms with Crippen molar-refractivity contribution in [2.24, 2.45) is 0 Å². The van der Waals surface area contributed by atoms with Crippen LogP contribution in [0.15, 0.2) is 0 Å². The molecule has 1 aliphatic rings.